The molecule has 0 aliphatic rings. The lowest BCUT2D eigenvalue weighted by atomic mass is 10.1. The van der Waals surface area contributed by atoms with Gasteiger partial charge < -0.3 is 10.2 Å². The maximum atomic E-state index is 12.5. The third kappa shape index (κ3) is 5.79. The van der Waals surface area contributed by atoms with Gasteiger partial charge in [-0.2, -0.15) is 0 Å². The van der Waals surface area contributed by atoms with Crippen LogP contribution in [0.4, 0.5) is 5.82 Å². The average Bonchev–Trinajstić information content (AvgIpc) is 2.73. The van der Waals surface area contributed by atoms with Crippen LogP contribution in [0.5, 0.6) is 0 Å². The first-order valence-corrected chi connectivity index (χ1v) is 9.58. The minimum absolute atomic E-state index is 0.0352. The molecule has 5 nitrogen and oxygen atoms in total. The molecule has 1 aromatic carbocycles. The lowest BCUT2D eigenvalue weighted by molar-refractivity contribution is 0.0796. The van der Waals surface area contributed by atoms with Gasteiger partial charge in [0.15, 0.2) is 0 Å². The highest BCUT2D eigenvalue weighted by molar-refractivity contribution is 6.30. The van der Waals surface area contributed by atoms with E-state index in [0.29, 0.717) is 12.1 Å². The first kappa shape index (κ1) is 19.8. The van der Waals surface area contributed by atoms with E-state index in [1.54, 1.807) is 36.6 Å². The van der Waals surface area contributed by atoms with Crippen molar-refractivity contribution in [1.82, 2.24) is 14.9 Å². The van der Waals surface area contributed by atoms with Gasteiger partial charge in [-0.1, -0.05) is 23.7 Å². The van der Waals surface area contributed by atoms with Gasteiger partial charge in [-0.25, -0.2) is 4.98 Å². The Morgan fingerprint density at radius 1 is 1.07 bits per heavy atom. The molecule has 0 bridgehead atoms. The minimum atomic E-state index is -0.0352. The van der Waals surface area contributed by atoms with Gasteiger partial charge >= 0.3 is 0 Å². The molecule has 0 atom stereocenters. The highest BCUT2D eigenvalue weighted by Crippen LogP contribution is 2.12. The average molecular weight is 395 g/mol. The van der Waals surface area contributed by atoms with E-state index in [4.69, 9.17) is 11.6 Å². The second kappa shape index (κ2) is 9.85. The van der Waals surface area contributed by atoms with Gasteiger partial charge in [-0.3, -0.25) is 9.78 Å². The monoisotopic (exact) mass is 394 g/mol. The number of hydrogen-bond acceptors (Lipinski definition) is 4. The van der Waals surface area contributed by atoms with Gasteiger partial charge in [0, 0.05) is 43.8 Å². The predicted molar refractivity (Wildman–Crippen MR) is 113 cm³/mol. The Kier molecular flexibility index (Phi) is 6.98. The fourth-order valence-electron chi connectivity index (χ4n) is 2.82. The summed E-state index contributed by atoms with van der Waals surface area (Å²) < 4.78 is 0. The predicted octanol–water partition coefficient (Wildman–Crippen LogP) is 4.10. The lowest BCUT2D eigenvalue weighted by Gasteiger charge is -2.17. The number of anilines is 1. The molecule has 2 aromatic heterocycles. The van der Waals surface area contributed by atoms with Crippen LogP contribution in [0.15, 0.2) is 67.1 Å². The standard InChI is InChI=1S/C22H23ClN4O/c1-27(14-10-17-7-11-24-12-8-17)22(28)19-5-6-21(26-16-19)25-13-9-18-3-2-4-20(23)15-18/h2-8,11-12,15-16H,9-10,13-14H2,1H3,(H,25,26). The van der Waals surface area contributed by atoms with Crippen LogP contribution in [0.25, 0.3) is 0 Å². The van der Waals surface area contributed by atoms with Crippen molar-refractivity contribution in [3.8, 4) is 0 Å². The van der Waals surface area contributed by atoms with Crippen LogP contribution in [-0.2, 0) is 12.8 Å². The fourth-order valence-corrected chi connectivity index (χ4v) is 3.03. The molecule has 1 amide bonds. The summed E-state index contributed by atoms with van der Waals surface area (Å²) in [6, 6.07) is 15.4. The molecule has 0 aliphatic carbocycles. The normalized spacial score (nSPS) is 10.5. The molecule has 0 radical (unpaired) electrons. The van der Waals surface area contributed by atoms with E-state index in [0.717, 1.165) is 35.8 Å². The Labute approximate surface area is 170 Å². The Morgan fingerprint density at radius 2 is 1.89 bits per heavy atom. The topological polar surface area (TPSA) is 58.1 Å². The molecule has 0 aliphatic heterocycles. The van der Waals surface area contributed by atoms with Crippen molar-refractivity contribution in [3.63, 3.8) is 0 Å². The molecular formula is C22H23ClN4O. The second-order valence-electron chi connectivity index (χ2n) is 6.57. The number of carbonyl (C=O) groups is 1. The van der Waals surface area contributed by atoms with E-state index in [1.807, 2.05) is 42.5 Å². The third-order valence-electron chi connectivity index (χ3n) is 4.45. The van der Waals surface area contributed by atoms with Gasteiger partial charge in [0.2, 0.25) is 0 Å². The summed E-state index contributed by atoms with van der Waals surface area (Å²) in [5.41, 5.74) is 2.91. The zero-order valence-electron chi connectivity index (χ0n) is 15.8. The van der Waals surface area contributed by atoms with Crippen molar-refractivity contribution in [2.24, 2.45) is 0 Å². The molecule has 2 heterocycles. The molecule has 3 aromatic rings. The van der Waals surface area contributed by atoms with Crippen LogP contribution >= 0.6 is 11.6 Å². The number of likely N-dealkylation sites (N-methyl/N-ethyl adjacent to an activating group) is 1. The smallest absolute Gasteiger partial charge is 0.255 e. The number of pyridine rings is 2. The Hall–Kier alpha value is -2.92. The van der Waals surface area contributed by atoms with Gasteiger partial charge in [-0.15, -0.1) is 0 Å². The molecule has 3 rings (SSSR count). The first-order valence-electron chi connectivity index (χ1n) is 9.20. The first-order chi connectivity index (χ1) is 13.6. The zero-order chi connectivity index (χ0) is 19.8. The number of nitrogens with zero attached hydrogens (tertiary/aromatic N) is 3. The van der Waals surface area contributed by atoms with E-state index in [1.165, 1.54) is 5.56 Å². The van der Waals surface area contributed by atoms with Gasteiger partial charge in [0.25, 0.3) is 5.91 Å². The summed E-state index contributed by atoms with van der Waals surface area (Å²) in [4.78, 5) is 22.6. The van der Waals surface area contributed by atoms with Gasteiger partial charge in [0.1, 0.15) is 5.82 Å². The molecule has 1 N–H and O–H groups in total. The quantitative estimate of drug-likeness (QED) is 0.625. The Bertz CT molecular complexity index is 900. The lowest BCUT2D eigenvalue weighted by Crippen LogP contribution is -2.29. The highest BCUT2D eigenvalue weighted by Gasteiger charge is 2.12. The molecule has 0 saturated heterocycles. The number of halogens is 1. The second-order valence-corrected chi connectivity index (χ2v) is 7.01. The van der Waals surface area contributed by atoms with Crippen LogP contribution in [0.1, 0.15) is 21.5 Å². The molecule has 0 unspecified atom stereocenters. The number of rotatable bonds is 8. The molecule has 0 saturated carbocycles. The highest BCUT2D eigenvalue weighted by atomic mass is 35.5. The van der Waals surface area contributed by atoms with Crippen molar-refractivity contribution >= 4 is 23.3 Å². The number of hydrogen-bond donors (Lipinski definition) is 1. The zero-order valence-corrected chi connectivity index (χ0v) is 16.6. The van der Waals surface area contributed by atoms with Crippen molar-refractivity contribution < 1.29 is 4.79 Å². The van der Waals surface area contributed by atoms with Gasteiger partial charge in [0.05, 0.1) is 5.56 Å². The third-order valence-corrected chi connectivity index (χ3v) is 4.69. The summed E-state index contributed by atoms with van der Waals surface area (Å²) in [5, 5.41) is 4.01. The van der Waals surface area contributed by atoms with Crippen molar-refractivity contribution in [3.05, 3.63) is 88.8 Å². The molecule has 144 valence electrons. The number of benzene rings is 1. The number of carbonyl (C=O) groups excluding carboxylic acids is 1. The van der Waals surface area contributed by atoms with Crippen molar-refractivity contribution in [1.29, 1.82) is 0 Å². The summed E-state index contributed by atoms with van der Waals surface area (Å²) in [7, 11) is 1.81. The number of amides is 1. The summed E-state index contributed by atoms with van der Waals surface area (Å²) in [5.74, 6) is 0.713. The van der Waals surface area contributed by atoms with Crippen molar-refractivity contribution in [2.45, 2.75) is 12.8 Å². The maximum Gasteiger partial charge on any atom is 0.255 e. The minimum Gasteiger partial charge on any atom is -0.370 e. The summed E-state index contributed by atoms with van der Waals surface area (Å²) >= 11 is 6.00. The number of nitrogens with one attached hydrogen (secondary N) is 1. The molecule has 6 heteroatoms. The summed E-state index contributed by atoms with van der Waals surface area (Å²) in [6.45, 7) is 1.38. The van der Waals surface area contributed by atoms with Crippen LogP contribution in [-0.4, -0.2) is 40.9 Å². The van der Waals surface area contributed by atoms with E-state index >= 15 is 0 Å². The van der Waals surface area contributed by atoms with Crippen LogP contribution in [0, 0.1) is 0 Å². The van der Waals surface area contributed by atoms with E-state index < -0.39 is 0 Å². The van der Waals surface area contributed by atoms with Crippen LogP contribution in [0.2, 0.25) is 5.02 Å². The van der Waals surface area contributed by atoms with Crippen LogP contribution in [0.3, 0.4) is 0 Å². The summed E-state index contributed by atoms with van der Waals surface area (Å²) in [6.07, 6.45) is 6.79. The molecule has 0 spiro atoms. The van der Waals surface area contributed by atoms with E-state index in [2.05, 4.69) is 15.3 Å². The van der Waals surface area contributed by atoms with E-state index in [-0.39, 0.29) is 5.91 Å². The number of aromatic nitrogens is 2. The Morgan fingerprint density at radius 3 is 2.61 bits per heavy atom. The van der Waals surface area contributed by atoms with Gasteiger partial charge in [-0.05, 0) is 60.4 Å². The largest absolute Gasteiger partial charge is 0.370 e. The molecule has 0 fully saturated rings. The van der Waals surface area contributed by atoms with Crippen LogP contribution < -0.4 is 5.32 Å². The molecule has 28 heavy (non-hydrogen) atoms. The SMILES string of the molecule is CN(CCc1ccncc1)C(=O)c1ccc(NCCc2cccc(Cl)c2)nc1. The Balaban J connectivity index is 1.48. The molecular weight excluding hydrogens is 372 g/mol. The van der Waals surface area contributed by atoms with E-state index in [9.17, 15) is 4.79 Å². The fraction of sp³-hybridized carbons (Fsp3) is 0.227. The van der Waals surface area contributed by atoms with Crippen molar-refractivity contribution in [2.75, 3.05) is 25.5 Å². The maximum absolute atomic E-state index is 12.5.